The molecule has 2 aromatic heterocycles. The molecule has 3 heterocycles. The number of aryl methyl sites for hydroxylation is 1. The van der Waals surface area contributed by atoms with Gasteiger partial charge in [0.1, 0.15) is 23.7 Å². The number of nitrogens with zero attached hydrogens (tertiary/aromatic N) is 5. The molecule has 1 amide bonds. The Balaban J connectivity index is 1.63. The summed E-state index contributed by atoms with van der Waals surface area (Å²) >= 11 is 0. The number of carbonyl (C=O) groups is 1. The molecule has 2 aromatic rings. The van der Waals surface area contributed by atoms with Crippen molar-refractivity contribution in [2.24, 2.45) is 11.7 Å². The fraction of sp³-hybridized carbons (Fsp3) is 0.471. The van der Waals surface area contributed by atoms with Gasteiger partial charge in [0.25, 0.3) is 5.91 Å². The first-order chi connectivity index (χ1) is 11.6. The van der Waals surface area contributed by atoms with Crippen LogP contribution in [0.1, 0.15) is 41.3 Å². The van der Waals surface area contributed by atoms with E-state index in [1.807, 2.05) is 19.2 Å². The lowest BCUT2D eigenvalue weighted by Gasteiger charge is -2.21. The van der Waals surface area contributed by atoms with Crippen molar-refractivity contribution in [2.75, 3.05) is 18.0 Å². The van der Waals surface area contributed by atoms with Gasteiger partial charge in [-0.3, -0.25) is 4.79 Å². The van der Waals surface area contributed by atoms with Crippen molar-refractivity contribution in [3.8, 4) is 0 Å². The molecule has 7 nitrogen and oxygen atoms in total. The molecule has 0 bridgehead atoms. The molecule has 2 N–H and O–H groups in total. The van der Waals surface area contributed by atoms with Crippen molar-refractivity contribution < 1.29 is 4.79 Å². The van der Waals surface area contributed by atoms with Crippen LogP contribution in [0.15, 0.2) is 24.7 Å². The van der Waals surface area contributed by atoms with Gasteiger partial charge in [-0.25, -0.2) is 19.9 Å². The molecule has 1 aliphatic heterocycles. The summed E-state index contributed by atoms with van der Waals surface area (Å²) in [6, 6.07) is 3.68. The van der Waals surface area contributed by atoms with Crippen LogP contribution in [0.3, 0.4) is 0 Å². The number of rotatable bonds is 4. The van der Waals surface area contributed by atoms with Crippen molar-refractivity contribution in [1.82, 2.24) is 19.9 Å². The van der Waals surface area contributed by atoms with Crippen LogP contribution >= 0.6 is 0 Å². The minimum absolute atomic E-state index is 0.284. The van der Waals surface area contributed by atoms with E-state index in [0.717, 1.165) is 56.1 Å². The first-order valence-corrected chi connectivity index (χ1v) is 8.27. The largest absolute Gasteiger partial charge is 0.364 e. The van der Waals surface area contributed by atoms with Gasteiger partial charge in [0.2, 0.25) is 0 Å². The van der Waals surface area contributed by atoms with Crippen LogP contribution < -0.4 is 10.6 Å². The number of anilines is 1. The number of carbonyl (C=O) groups excluding carboxylic acids is 1. The van der Waals surface area contributed by atoms with Crippen LogP contribution in [0.2, 0.25) is 0 Å². The quantitative estimate of drug-likeness (QED) is 0.915. The first-order valence-electron chi connectivity index (χ1n) is 8.27. The zero-order chi connectivity index (χ0) is 16.9. The predicted molar refractivity (Wildman–Crippen MR) is 90.6 cm³/mol. The van der Waals surface area contributed by atoms with Gasteiger partial charge < -0.3 is 10.6 Å². The van der Waals surface area contributed by atoms with E-state index >= 15 is 0 Å². The highest BCUT2D eigenvalue weighted by Crippen LogP contribution is 2.23. The fourth-order valence-electron chi connectivity index (χ4n) is 3.16. The Morgan fingerprint density at radius 1 is 1.29 bits per heavy atom. The predicted octanol–water partition coefficient (Wildman–Crippen LogP) is 1.52. The number of nitrogens with two attached hydrogens (primary N) is 1. The number of aromatic nitrogens is 4. The molecule has 126 valence electrons. The Morgan fingerprint density at radius 2 is 2.17 bits per heavy atom. The molecular formula is C17H22N6O. The van der Waals surface area contributed by atoms with Crippen molar-refractivity contribution >= 4 is 11.7 Å². The zero-order valence-electron chi connectivity index (χ0n) is 13.9. The third kappa shape index (κ3) is 4.04. The van der Waals surface area contributed by atoms with E-state index in [2.05, 4.69) is 24.8 Å². The third-order valence-corrected chi connectivity index (χ3v) is 4.41. The van der Waals surface area contributed by atoms with E-state index in [9.17, 15) is 4.79 Å². The first kappa shape index (κ1) is 16.3. The topological polar surface area (TPSA) is 97.9 Å². The molecular weight excluding hydrogens is 304 g/mol. The second kappa shape index (κ2) is 7.33. The molecule has 0 saturated carbocycles. The zero-order valence-corrected chi connectivity index (χ0v) is 13.9. The lowest BCUT2D eigenvalue weighted by molar-refractivity contribution is 0.0995. The van der Waals surface area contributed by atoms with Crippen LogP contribution in [-0.2, 0) is 6.42 Å². The molecule has 1 saturated heterocycles. The number of hydrogen-bond donors (Lipinski definition) is 1. The lowest BCUT2D eigenvalue weighted by atomic mass is 9.95. The van der Waals surface area contributed by atoms with Crippen LogP contribution in [0.5, 0.6) is 0 Å². The van der Waals surface area contributed by atoms with Gasteiger partial charge in [-0.15, -0.1) is 0 Å². The molecule has 0 aliphatic carbocycles. The summed E-state index contributed by atoms with van der Waals surface area (Å²) in [6.45, 7) is 3.88. The molecule has 0 unspecified atom stereocenters. The Labute approximate surface area is 141 Å². The van der Waals surface area contributed by atoms with Gasteiger partial charge >= 0.3 is 0 Å². The Bertz CT molecular complexity index is 720. The van der Waals surface area contributed by atoms with E-state index in [1.165, 1.54) is 6.33 Å². The van der Waals surface area contributed by atoms with Gasteiger partial charge in [-0.2, -0.15) is 0 Å². The molecule has 7 heteroatoms. The van der Waals surface area contributed by atoms with Gasteiger partial charge in [-0.05, 0) is 50.7 Å². The van der Waals surface area contributed by atoms with Gasteiger partial charge in [-0.1, -0.05) is 0 Å². The van der Waals surface area contributed by atoms with Crippen LogP contribution in [0.4, 0.5) is 5.82 Å². The summed E-state index contributed by atoms with van der Waals surface area (Å²) in [4.78, 5) is 30.4. The summed E-state index contributed by atoms with van der Waals surface area (Å²) in [7, 11) is 0. The highest BCUT2D eigenvalue weighted by Gasteiger charge is 2.19. The number of primary amides is 1. The van der Waals surface area contributed by atoms with Crippen molar-refractivity contribution in [1.29, 1.82) is 0 Å². The molecule has 24 heavy (non-hydrogen) atoms. The summed E-state index contributed by atoms with van der Waals surface area (Å²) in [5.74, 6) is 1.83. The Morgan fingerprint density at radius 3 is 2.96 bits per heavy atom. The molecule has 0 spiro atoms. The van der Waals surface area contributed by atoms with Crippen molar-refractivity contribution in [3.05, 3.63) is 41.9 Å². The standard InChI is InChI=1S/C17H22N6O/c1-12-19-6-4-16(22-12)23-7-2-3-13(5-8-23)9-14-10-15(17(18)24)21-11-20-14/h4,6,10-11,13H,2-3,5,7-9H2,1H3,(H2,18,24)/t13-/m1/s1. The minimum Gasteiger partial charge on any atom is -0.364 e. The molecule has 1 fully saturated rings. The van der Waals surface area contributed by atoms with Gasteiger partial charge in [0.05, 0.1) is 0 Å². The molecule has 0 aromatic carbocycles. The average molecular weight is 326 g/mol. The minimum atomic E-state index is -0.509. The highest BCUT2D eigenvalue weighted by atomic mass is 16.1. The van der Waals surface area contributed by atoms with E-state index < -0.39 is 5.91 Å². The summed E-state index contributed by atoms with van der Waals surface area (Å²) < 4.78 is 0. The van der Waals surface area contributed by atoms with Crippen molar-refractivity contribution in [2.45, 2.75) is 32.6 Å². The van der Waals surface area contributed by atoms with E-state index in [-0.39, 0.29) is 5.69 Å². The molecule has 0 radical (unpaired) electrons. The van der Waals surface area contributed by atoms with Crippen LogP contribution in [0, 0.1) is 12.8 Å². The molecule has 1 atom stereocenters. The summed E-state index contributed by atoms with van der Waals surface area (Å²) in [5.41, 5.74) is 6.46. The Hall–Kier alpha value is -2.57. The fourth-order valence-corrected chi connectivity index (χ4v) is 3.16. The number of amides is 1. The van der Waals surface area contributed by atoms with Crippen LogP contribution in [0.25, 0.3) is 0 Å². The maximum absolute atomic E-state index is 11.2. The van der Waals surface area contributed by atoms with E-state index in [1.54, 1.807) is 6.07 Å². The van der Waals surface area contributed by atoms with E-state index in [0.29, 0.717) is 5.92 Å². The molecule has 3 rings (SSSR count). The maximum atomic E-state index is 11.2. The summed E-state index contributed by atoms with van der Waals surface area (Å²) in [6.07, 6.45) is 7.39. The average Bonchev–Trinajstić information content (AvgIpc) is 2.81. The smallest absolute Gasteiger partial charge is 0.267 e. The van der Waals surface area contributed by atoms with E-state index in [4.69, 9.17) is 5.73 Å². The SMILES string of the molecule is Cc1nccc(N2CCC[C@@H](Cc3cc(C(N)=O)ncn3)CC2)n1. The van der Waals surface area contributed by atoms with Gasteiger partial charge in [0.15, 0.2) is 0 Å². The number of hydrogen-bond acceptors (Lipinski definition) is 6. The summed E-state index contributed by atoms with van der Waals surface area (Å²) in [5, 5.41) is 0. The van der Waals surface area contributed by atoms with Gasteiger partial charge in [0, 0.05) is 25.0 Å². The van der Waals surface area contributed by atoms with Crippen molar-refractivity contribution in [3.63, 3.8) is 0 Å². The normalized spacial score (nSPS) is 18.2. The third-order valence-electron chi connectivity index (χ3n) is 4.41. The second-order valence-electron chi connectivity index (χ2n) is 6.21. The molecule has 1 aliphatic rings. The van der Waals surface area contributed by atoms with Crippen LogP contribution in [-0.4, -0.2) is 38.9 Å². The monoisotopic (exact) mass is 326 g/mol. The Kier molecular flexibility index (Phi) is 4.98. The maximum Gasteiger partial charge on any atom is 0.267 e. The second-order valence-corrected chi connectivity index (χ2v) is 6.21. The lowest BCUT2D eigenvalue weighted by Crippen LogP contribution is -2.25. The highest BCUT2D eigenvalue weighted by molar-refractivity contribution is 5.90.